The summed E-state index contributed by atoms with van der Waals surface area (Å²) in [7, 11) is 1.58. The van der Waals surface area contributed by atoms with Gasteiger partial charge in [-0.05, 0) is 47.0 Å². The molecule has 4 amide bonds. The monoisotopic (exact) mass is 657 g/mol. The van der Waals surface area contributed by atoms with Gasteiger partial charge in [0.15, 0.2) is 16.6 Å². The number of methoxy groups -OCH3 is 1. The first-order valence-electron chi connectivity index (χ1n) is 15.0. The van der Waals surface area contributed by atoms with Gasteiger partial charge in [-0.1, -0.05) is 47.7 Å². The van der Waals surface area contributed by atoms with Crippen molar-refractivity contribution in [3.63, 3.8) is 0 Å². The quantitative estimate of drug-likeness (QED) is 0.148. The first kappa shape index (κ1) is 31.6. The van der Waals surface area contributed by atoms with Crippen molar-refractivity contribution in [2.24, 2.45) is 0 Å². The maximum absolute atomic E-state index is 14.2. The van der Waals surface area contributed by atoms with E-state index in [9.17, 15) is 24.6 Å². The molecule has 13 nitrogen and oxygen atoms in total. The molecular weight excluding hydrogens is 622 g/mol. The number of phenols is 2. The number of carbonyl (C=O) groups is 3. The minimum atomic E-state index is -0.942. The van der Waals surface area contributed by atoms with Gasteiger partial charge in [0.05, 0.1) is 37.0 Å². The van der Waals surface area contributed by atoms with Crippen LogP contribution >= 0.6 is 11.3 Å². The SMILES string of the molecule is C=CCN(C(=O)NCc1ccc(OC)cc1)N1CC(=O)N2[C@@H](Cc3ccc(O)c(O)c3)C(=O)N(Cc3cccc4sc(N)nc34)C[C@@H]21. The fourth-order valence-corrected chi connectivity index (χ4v) is 6.89. The van der Waals surface area contributed by atoms with Crippen LogP contribution in [-0.4, -0.2) is 91.8 Å². The third-order valence-corrected chi connectivity index (χ3v) is 9.21. The summed E-state index contributed by atoms with van der Waals surface area (Å²) in [4.78, 5) is 49.2. The molecule has 0 radical (unpaired) electrons. The molecule has 4 aromatic rings. The van der Waals surface area contributed by atoms with Gasteiger partial charge in [-0.3, -0.25) is 14.6 Å². The molecule has 47 heavy (non-hydrogen) atoms. The van der Waals surface area contributed by atoms with Gasteiger partial charge in [-0.25, -0.2) is 9.78 Å². The number of fused-ring (bicyclic) bond motifs is 2. The Morgan fingerprint density at radius 3 is 2.64 bits per heavy atom. The first-order valence-corrected chi connectivity index (χ1v) is 15.8. The number of nitrogen functional groups attached to an aromatic ring is 1. The summed E-state index contributed by atoms with van der Waals surface area (Å²) in [5.74, 6) is -0.521. The predicted octanol–water partition coefficient (Wildman–Crippen LogP) is 3.03. The van der Waals surface area contributed by atoms with E-state index >= 15 is 0 Å². The van der Waals surface area contributed by atoms with Gasteiger partial charge in [-0.15, -0.1) is 6.58 Å². The fourth-order valence-electron chi connectivity index (χ4n) is 6.10. The summed E-state index contributed by atoms with van der Waals surface area (Å²) in [5, 5.41) is 26.5. The van der Waals surface area contributed by atoms with Gasteiger partial charge in [0, 0.05) is 19.5 Å². The average Bonchev–Trinajstić information content (AvgIpc) is 3.61. The Balaban J connectivity index is 1.31. The highest BCUT2D eigenvalue weighted by molar-refractivity contribution is 7.22. The van der Waals surface area contributed by atoms with Crippen molar-refractivity contribution in [2.45, 2.75) is 31.7 Å². The van der Waals surface area contributed by atoms with E-state index in [2.05, 4.69) is 16.9 Å². The number of anilines is 1. The van der Waals surface area contributed by atoms with Crippen molar-refractivity contribution in [3.8, 4) is 17.2 Å². The Labute approximate surface area is 275 Å². The van der Waals surface area contributed by atoms with Crippen LogP contribution in [0.5, 0.6) is 17.2 Å². The number of amides is 4. The van der Waals surface area contributed by atoms with E-state index in [4.69, 9.17) is 10.5 Å². The van der Waals surface area contributed by atoms with E-state index < -0.39 is 18.2 Å². The summed E-state index contributed by atoms with van der Waals surface area (Å²) in [6, 6.07) is 16.0. The Morgan fingerprint density at radius 1 is 1.15 bits per heavy atom. The number of hydrogen-bond donors (Lipinski definition) is 4. The van der Waals surface area contributed by atoms with Crippen LogP contribution in [0.1, 0.15) is 16.7 Å². The van der Waals surface area contributed by atoms with Crippen LogP contribution < -0.4 is 15.8 Å². The fraction of sp³-hybridized carbons (Fsp3) is 0.273. The Bertz CT molecular complexity index is 1830. The number of aromatic nitrogens is 1. The number of thiazole rings is 1. The molecule has 0 aliphatic carbocycles. The highest BCUT2D eigenvalue weighted by atomic mass is 32.1. The van der Waals surface area contributed by atoms with Gasteiger partial charge in [0.25, 0.3) is 0 Å². The first-order chi connectivity index (χ1) is 22.7. The number of hydrazine groups is 1. The lowest BCUT2D eigenvalue weighted by atomic mass is 9.99. The second kappa shape index (κ2) is 13.2. The number of hydrogen-bond acceptors (Lipinski definition) is 10. The average molecular weight is 658 g/mol. The molecule has 2 aliphatic rings. The van der Waals surface area contributed by atoms with Crippen LogP contribution in [0.3, 0.4) is 0 Å². The van der Waals surface area contributed by atoms with Gasteiger partial charge >= 0.3 is 6.03 Å². The molecule has 3 heterocycles. The molecule has 0 unspecified atom stereocenters. The maximum Gasteiger partial charge on any atom is 0.332 e. The molecule has 2 atom stereocenters. The van der Waals surface area contributed by atoms with E-state index in [0.717, 1.165) is 15.8 Å². The lowest BCUT2D eigenvalue weighted by Gasteiger charge is -2.46. The molecule has 2 fully saturated rings. The zero-order chi connectivity index (χ0) is 33.2. The number of phenolic OH excluding ortho intramolecular Hbond substituents is 2. The molecule has 0 saturated carbocycles. The van der Waals surface area contributed by atoms with Crippen LogP contribution in [0.4, 0.5) is 9.93 Å². The van der Waals surface area contributed by atoms with Crippen LogP contribution in [0, 0.1) is 0 Å². The molecule has 0 spiro atoms. The Kier molecular flexibility index (Phi) is 8.87. The Hall–Kier alpha value is -5.34. The highest BCUT2D eigenvalue weighted by Crippen LogP contribution is 2.33. The molecule has 6 rings (SSSR count). The minimum Gasteiger partial charge on any atom is -0.504 e. The Morgan fingerprint density at radius 2 is 1.91 bits per heavy atom. The van der Waals surface area contributed by atoms with E-state index in [1.165, 1.54) is 33.4 Å². The normalized spacial score (nSPS) is 18.0. The topological polar surface area (TPSA) is 165 Å². The summed E-state index contributed by atoms with van der Waals surface area (Å²) < 4.78 is 6.11. The number of carbonyl (C=O) groups excluding carboxylic acids is 3. The number of benzene rings is 3. The summed E-state index contributed by atoms with van der Waals surface area (Å²) in [6.07, 6.45) is 0.982. The van der Waals surface area contributed by atoms with Crippen molar-refractivity contribution in [1.29, 1.82) is 0 Å². The molecule has 14 heteroatoms. The van der Waals surface area contributed by atoms with E-state index in [-0.39, 0.29) is 62.5 Å². The van der Waals surface area contributed by atoms with Gasteiger partial charge in [0.1, 0.15) is 18.0 Å². The molecule has 244 valence electrons. The maximum atomic E-state index is 14.2. The summed E-state index contributed by atoms with van der Waals surface area (Å²) in [6.45, 7) is 4.38. The predicted molar refractivity (Wildman–Crippen MR) is 176 cm³/mol. The second-order valence-corrected chi connectivity index (χ2v) is 12.4. The number of nitrogens with two attached hydrogens (primary N) is 1. The largest absolute Gasteiger partial charge is 0.504 e. The lowest BCUT2D eigenvalue weighted by molar-refractivity contribution is -0.157. The van der Waals surface area contributed by atoms with Crippen LogP contribution in [0.2, 0.25) is 0 Å². The number of aromatic hydroxyl groups is 2. The third kappa shape index (κ3) is 6.37. The standard InChI is InChI=1S/C33H35N7O6S/c1-3-13-38(33(45)35-16-20-7-10-23(46-2)11-8-20)39-19-29(43)40-24(14-21-9-12-25(41)26(42)15-21)31(44)37(18-28(39)40)17-22-5-4-6-27-30(22)36-32(34)47-27/h3-12,15,24,28,41-42H,1,13-14,16-19H2,2H3,(H2,34,36)(H,35,45)/t24-,28+/m0/s1. The molecule has 2 aliphatic heterocycles. The number of nitrogens with one attached hydrogen (secondary N) is 1. The zero-order valence-electron chi connectivity index (χ0n) is 25.7. The number of nitrogens with zero attached hydrogens (tertiary/aromatic N) is 5. The van der Waals surface area contributed by atoms with Crippen molar-refractivity contribution in [1.82, 2.24) is 30.1 Å². The van der Waals surface area contributed by atoms with Gasteiger partial charge in [0.2, 0.25) is 11.8 Å². The number of urea groups is 1. The minimum absolute atomic E-state index is 0.0816. The number of piperazine rings is 1. The second-order valence-electron chi connectivity index (χ2n) is 11.3. The van der Waals surface area contributed by atoms with E-state index in [1.54, 1.807) is 29.2 Å². The molecular formula is C33H35N7O6S. The van der Waals surface area contributed by atoms with Crippen LogP contribution in [0.25, 0.3) is 10.2 Å². The van der Waals surface area contributed by atoms with Crippen molar-refractivity contribution in [2.75, 3.05) is 32.5 Å². The summed E-state index contributed by atoms with van der Waals surface area (Å²) in [5.41, 5.74) is 8.92. The number of ether oxygens (including phenoxy) is 1. The van der Waals surface area contributed by atoms with Crippen LogP contribution in [0.15, 0.2) is 73.3 Å². The van der Waals surface area contributed by atoms with E-state index in [1.807, 2.05) is 42.5 Å². The van der Waals surface area contributed by atoms with E-state index in [0.29, 0.717) is 22.0 Å². The van der Waals surface area contributed by atoms with Gasteiger partial charge in [-0.2, -0.15) is 5.01 Å². The molecule has 1 aromatic heterocycles. The molecule has 2 saturated heterocycles. The van der Waals surface area contributed by atoms with Crippen molar-refractivity contribution >= 4 is 44.5 Å². The number of rotatable bonds is 10. The summed E-state index contributed by atoms with van der Waals surface area (Å²) >= 11 is 1.36. The molecule has 3 aromatic carbocycles. The van der Waals surface area contributed by atoms with Gasteiger partial charge < -0.3 is 35.8 Å². The van der Waals surface area contributed by atoms with Crippen molar-refractivity contribution in [3.05, 3.63) is 90.0 Å². The molecule has 5 N–H and O–H groups in total. The lowest BCUT2D eigenvalue weighted by Crippen LogP contribution is -2.66. The number of para-hydroxylation sites is 1. The van der Waals surface area contributed by atoms with Crippen molar-refractivity contribution < 1.29 is 29.3 Å². The highest BCUT2D eigenvalue weighted by Gasteiger charge is 2.52. The smallest absolute Gasteiger partial charge is 0.332 e. The van der Waals surface area contributed by atoms with Crippen LogP contribution in [-0.2, 0) is 29.1 Å². The molecule has 0 bridgehead atoms. The third-order valence-electron chi connectivity index (χ3n) is 8.37. The zero-order valence-corrected chi connectivity index (χ0v) is 26.5.